The van der Waals surface area contributed by atoms with E-state index in [1.807, 2.05) is 29.2 Å². The van der Waals surface area contributed by atoms with Crippen molar-refractivity contribution in [1.29, 1.82) is 0 Å². The maximum atomic E-state index is 12.9. The van der Waals surface area contributed by atoms with Gasteiger partial charge >= 0.3 is 0 Å². The highest BCUT2D eigenvalue weighted by atomic mass is 35.5. The zero-order valence-electron chi connectivity index (χ0n) is 16.8. The van der Waals surface area contributed by atoms with Crippen LogP contribution < -0.4 is 5.32 Å². The fourth-order valence-electron chi connectivity index (χ4n) is 3.49. The number of carbonyl (C=O) groups excluding carboxylic acids is 2. The van der Waals surface area contributed by atoms with E-state index in [9.17, 15) is 9.59 Å². The van der Waals surface area contributed by atoms with Crippen molar-refractivity contribution in [2.24, 2.45) is 0 Å². The van der Waals surface area contributed by atoms with Crippen LogP contribution in [0, 0.1) is 0 Å². The molecule has 3 aromatic rings. The number of likely N-dealkylation sites (tertiary alicyclic amines) is 1. The van der Waals surface area contributed by atoms with E-state index in [0.29, 0.717) is 21.4 Å². The summed E-state index contributed by atoms with van der Waals surface area (Å²) >= 11 is 7.34. The van der Waals surface area contributed by atoms with Crippen molar-refractivity contribution in [3.05, 3.63) is 65.4 Å². The van der Waals surface area contributed by atoms with Crippen molar-refractivity contribution in [2.45, 2.75) is 24.4 Å². The van der Waals surface area contributed by atoms with Crippen LogP contribution in [0.4, 0.5) is 5.69 Å². The molecule has 0 spiro atoms. The first-order valence-corrected chi connectivity index (χ1v) is 11.4. The maximum absolute atomic E-state index is 12.9. The molecule has 0 aliphatic carbocycles. The molecule has 1 aromatic heterocycles. The van der Waals surface area contributed by atoms with E-state index in [0.717, 1.165) is 38.0 Å². The van der Waals surface area contributed by atoms with Crippen molar-refractivity contribution in [3.63, 3.8) is 0 Å². The number of thioether (sulfide) groups is 1. The summed E-state index contributed by atoms with van der Waals surface area (Å²) in [6.07, 6.45) is 4.77. The predicted molar refractivity (Wildman–Crippen MR) is 122 cm³/mol. The zero-order valence-corrected chi connectivity index (χ0v) is 18.4. The Kier molecular flexibility index (Phi) is 6.89. The highest BCUT2D eigenvalue weighted by molar-refractivity contribution is 7.99. The fourth-order valence-corrected chi connectivity index (χ4v) is 4.40. The second kappa shape index (κ2) is 9.98. The van der Waals surface area contributed by atoms with Gasteiger partial charge in [0.15, 0.2) is 5.16 Å². The molecule has 1 saturated heterocycles. The number of carbonyl (C=O) groups is 2. The van der Waals surface area contributed by atoms with Crippen LogP contribution in [0.5, 0.6) is 0 Å². The lowest BCUT2D eigenvalue weighted by molar-refractivity contribution is -0.113. The Morgan fingerprint density at radius 1 is 1.06 bits per heavy atom. The van der Waals surface area contributed by atoms with E-state index in [2.05, 4.69) is 15.5 Å². The molecule has 0 saturated carbocycles. The van der Waals surface area contributed by atoms with E-state index < -0.39 is 0 Å². The molecular formula is C22H22ClN5O2S. The van der Waals surface area contributed by atoms with E-state index in [-0.39, 0.29) is 17.6 Å². The number of amides is 2. The Morgan fingerprint density at radius 2 is 1.87 bits per heavy atom. The van der Waals surface area contributed by atoms with Crippen LogP contribution in [-0.2, 0) is 4.79 Å². The van der Waals surface area contributed by atoms with E-state index in [1.165, 1.54) is 11.8 Å². The molecule has 0 radical (unpaired) electrons. The number of nitrogens with one attached hydrogen (secondary N) is 1. The first-order chi connectivity index (χ1) is 15.1. The molecule has 1 aliphatic heterocycles. The molecule has 160 valence electrons. The van der Waals surface area contributed by atoms with Crippen LogP contribution in [0.15, 0.2) is 60.0 Å². The van der Waals surface area contributed by atoms with Gasteiger partial charge in [0, 0.05) is 18.1 Å². The second-order valence-electron chi connectivity index (χ2n) is 7.20. The number of para-hydroxylation sites is 1. The topological polar surface area (TPSA) is 80.1 Å². The molecule has 1 aliphatic rings. The molecule has 1 fully saturated rings. The number of piperidine rings is 1. The van der Waals surface area contributed by atoms with Crippen molar-refractivity contribution in [2.75, 3.05) is 24.2 Å². The predicted octanol–water partition coefficient (Wildman–Crippen LogP) is 4.28. The molecule has 9 heteroatoms. The number of nitrogens with zero attached hydrogens (tertiary/aromatic N) is 4. The molecule has 4 rings (SSSR count). The lowest BCUT2D eigenvalue weighted by Crippen LogP contribution is -2.36. The lowest BCUT2D eigenvalue weighted by atomic mass is 10.1. The standard InChI is InChI=1S/C22H22ClN5O2S/c23-16-7-6-8-17(13-16)28-15-24-26-22(28)31-14-20(29)25-19-10-3-2-9-18(19)21(30)27-11-4-1-5-12-27/h2-3,6-10,13,15H,1,4-5,11-12,14H2,(H,25,29). The van der Waals surface area contributed by atoms with Gasteiger partial charge in [0.05, 0.1) is 22.7 Å². The number of halogens is 1. The van der Waals surface area contributed by atoms with Crippen LogP contribution in [0.1, 0.15) is 29.6 Å². The SMILES string of the molecule is O=C(CSc1nncn1-c1cccc(Cl)c1)Nc1ccccc1C(=O)N1CCCCC1. The molecule has 2 aromatic carbocycles. The van der Waals surface area contributed by atoms with Crippen LogP contribution in [0.2, 0.25) is 5.02 Å². The first-order valence-electron chi connectivity index (χ1n) is 10.1. The number of benzene rings is 2. The summed E-state index contributed by atoms with van der Waals surface area (Å²) in [5.74, 6) is -0.126. The number of hydrogen-bond donors (Lipinski definition) is 1. The van der Waals surface area contributed by atoms with Crippen LogP contribution in [0.25, 0.3) is 5.69 Å². The summed E-state index contributed by atoms with van der Waals surface area (Å²) in [6, 6.07) is 14.5. The Balaban J connectivity index is 1.42. The van der Waals surface area contributed by atoms with E-state index in [4.69, 9.17) is 11.6 Å². The van der Waals surface area contributed by atoms with Gasteiger partial charge in [-0.25, -0.2) is 0 Å². The average molecular weight is 456 g/mol. The van der Waals surface area contributed by atoms with Crippen LogP contribution in [0.3, 0.4) is 0 Å². The third-order valence-corrected chi connectivity index (χ3v) is 6.19. The molecule has 2 heterocycles. The third kappa shape index (κ3) is 5.26. The van der Waals surface area contributed by atoms with Gasteiger partial charge in [-0.3, -0.25) is 14.2 Å². The monoisotopic (exact) mass is 455 g/mol. The van der Waals surface area contributed by atoms with Gasteiger partial charge in [-0.2, -0.15) is 0 Å². The largest absolute Gasteiger partial charge is 0.339 e. The van der Waals surface area contributed by atoms with Crippen molar-refractivity contribution >= 4 is 40.9 Å². The van der Waals surface area contributed by atoms with Gasteiger partial charge in [-0.1, -0.05) is 41.6 Å². The smallest absolute Gasteiger partial charge is 0.255 e. The average Bonchev–Trinajstić information content (AvgIpc) is 3.27. The quantitative estimate of drug-likeness (QED) is 0.561. The maximum Gasteiger partial charge on any atom is 0.255 e. The Hall–Kier alpha value is -2.84. The second-order valence-corrected chi connectivity index (χ2v) is 8.58. The summed E-state index contributed by atoms with van der Waals surface area (Å²) in [6.45, 7) is 1.52. The lowest BCUT2D eigenvalue weighted by Gasteiger charge is -2.27. The van der Waals surface area contributed by atoms with Crippen molar-refractivity contribution in [1.82, 2.24) is 19.7 Å². The Morgan fingerprint density at radius 3 is 2.68 bits per heavy atom. The van der Waals surface area contributed by atoms with Gasteiger partial charge in [0.25, 0.3) is 5.91 Å². The highest BCUT2D eigenvalue weighted by Crippen LogP contribution is 2.23. The summed E-state index contributed by atoms with van der Waals surface area (Å²) in [5, 5.41) is 12.1. The summed E-state index contributed by atoms with van der Waals surface area (Å²) in [4.78, 5) is 27.4. The number of hydrogen-bond acceptors (Lipinski definition) is 5. The van der Waals surface area contributed by atoms with Crippen molar-refractivity contribution in [3.8, 4) is 5.69 Å². The van der Waals surface area contributed by atoms with Gasteiger partial charge < -0.3 is 10.2 Å². The normalized spacial score (nSPS) is 13.8. The van der Waals surface area contributed by atoms with Crippen molar-refractivity contribution < 1.29 is 9.59 Å². The first kappa shape index (κ1) is 21.4. The minimum Gasteiger partial charge on any atom is -0.339 e. The summed E-state index contributed by atoms with van der Waals surface area (Å²) in [7, 11) is 0. The molecule has 0 atom stereocenters. The van der Waals surface area contributed by atoms with E-state index in [1.54, 1.807) is 35.2 Å². The number of aromatic nitrogens is 3. The van der Waals surface area contributed by atoms with E-state index >= 15 is 0 Å². The molecule has 31 heavy (non-hydrogen) atoms. The summed E-state index contributed by atoms with van der Waals surface area (Å²) in [5.41, 5.74) is 1.86. The Bertz CT molecular complexity index is 1080. The molecule has 7 nitrogen and oxygen atoms in total. The van der Waals surface area contributed by atoms with Gasteiger partial charge in [0.1, 0.15) is 6.33 Å². The van der Waals surface area contributed by atoms with Crippen LogP contribution in [-0.4, -0.2) is 50.3 Å². The number of anilines is 1. The molecular weight excluding hydrogens is 434 g/mol. The third-order valence-electron chi connectivity index (χ3n) is 5.01. The highest BCUT2D eigenvalue weighted by Gasteiger charge is 2.21. The minimum atomic E-state index is -0.218. The van der Waals surface area contributed by atoms with Gasteiger partial charge in [-0.05, 0) is 49.6 Å². The van der Waals surface area contributed by atoms with Gasteiger partial charge in [-0.15, -0.1) is 10.2 Å². The molecule has 1 N–H and O–H groups in total. The summed E-state index contributed by atoms with van der Waals surface area (Å²) < 4.78 is 1.78. The van der Waals surface area contributed by atoms with Crippen LogP contribution >= 0.6 is 23.4 Å². The Labute approximate surface area is 189 Å². The number of rotatable bonds is 6. The molecule has 0 bridgehead atoms. The van der Waals surface area contributed by atoms with Gasteiger partial charge in [0.2, 0.25) is 5.91 Å². The minimum absolute atomic E-state index is 0.0380. The molecule has 0 unspecified atom stereocenters. The zero-order chi connectivity index (χ0) is 21.6. The fraction of sp³-hybridized carbons (Fsp3) is 0.273. The molecule has 2 amide bonds.